The Morgan fingerprint density at radius 1 is 0.317 bits per heavy atom. The van der Waals surface area contributed by atoms with E-state index in [1.54, 1.807) is 0 Å². The summed E-state index contributed by atoms with van der Waals surface area (Å²) in [6.45, 7) is 8.58. The maximum atomic E-state index is 2.27. The average Bonchev–Trinajstić information content (AvgIpc) is 2.99. The lowest BCUT2D eigenvalue weighted by molar-refractivity contribution is 1.37. The first-order valence-corrected chi connectivity index (χ1v) is 15.0. The third-order valence-corrected chi connectivity index (χ3v) is 8.80. The van der Waals surface area contributed by atoms with Crippen LogP contribution in [0.4, 0.5) is 0 Å². The van der Waals surface area contributed by atoms with E-state index >= 15 is 0 Å². The molecule has 0 N–H and O–H groups in total. The van der Waals surface area contributed by atoms with Gasteiger partial charge in [-0.15, -0.1) is 0 Å². The van der Waals surface area contributed by atoms with E-state index in [4.69, 9.17) is 0 Å². The lowest BCUT2D eigenvalue weighted by Gasteiger charge is -2.19. The standard InChI is InChI=1S/C40H34S/c1-27-11-19-31(20-12-27)35-7-5-9-37(39(35)33-23-15-29(3)16-24-33)41-38-10-6-8-36(32-21-13-28(2)14-22-32)40(38)34-25-17-30(4)18-26-34/h5-26H,1-4H3. The van der Waals surface area contributed by atoms with E-state index in [1.165, 1.54) is 76.6 Å². The molecule has 0 saturated carbocycles. The van der Waals surface area contributed by atoms with Crippen LogP contribution >= 0.6 is 11.8 Å². The molecule has 6 aromatic rings. The van der Waals surface area contributed by atoms with Crippen LogP contribution in [0.2, 0.25) is 0 Å². The highest BCUT2D eigenvalue weighted by atomic mass is 32.2. The van der Waals surface area contributed by atoms with Crippen molar-refractivity contribution in [2.75, 3.05) is 0 Å². The van der Waals surface area contributed by atoms with Crippen LogP contribution < -0.4 is 0 Å². The van der Waals surface area contributed by atoms with Gasteiger partial charge in [-0.2, -0.15) is 0 Å². The van der Waals surface area contributed by atoms with E-state index in [0.717, 1.165) is 0 Å². The fraction of sp³-hybridized carbons (Fsp3) is 0.100. The minimum Gasteiger partial charge on any atom is -0.0888 e. The van der Waals surface area contributed by atoms with Crippen molar-refractivity contribution >= 4 is 11.8 Å². The van der Waals surface area contributed by atoms with Crippen LogP contribution in [0, 0.1) is 27.7 Å². The Morgan fingerprint density at radius 2 is 0.610 bits per heavy atom. The minimum atomic E-state index is 1.24. The number of hydrogen-bond donors (Lipinski definition) is 0. The van der Waals surface area contributed by atoms with Crippen LogP contribution in [0.1, 0.15) is 22.3 Å². The normalized spacial score (nSPS) is 11.0. The van der Waals surface area contributed by atoms with Crippen LogP contribution in [0.3, 0.4) is 0 Å². The third-order valence-electron chi connectivity index (χ3n) is 7.68. The maximum Gasteiger partial charge on any atom is 0.0207 e. The molecule has 6 rings (SSSR count). The lowest BCUT2D eigenvalue weighted by Crippen LogP contribution is -1.92. The molecule has 0 spiro atoms. The van der Waals surface area contributed by atoms with Gasteiger partial charge in [-0.1, -0.05) is 155 Å². The molecule has 0 fully saturated rings. The molecule has 6 aromatic carbocycles. The van der Waals surface area contributed by atoms with Gasteiger partial charge in [0.1, 0.15) is 0 Å². The monoisotopic (exact) mass is 546 g/mol. The van der Waals surface area contributed by atoms with Crippen molar-refractivity contribution in [3.05, 3.63) is 156 Å². The zero-order valence-corrected chi connectivity index (χ0v) is 24.9. The van der Waals surface area contributed by atoms with Gasteiger partial charge in [0.2, 0.25) is 0 Å². The topological polar surface area (TPSA) is 0 Å². The fourth-order valence-electron chi connectivity index (χ4n) is 5.33. The Hall–Kier alpha value is -4.33. The van der Waals surface area contributed by atoms with Gasteiger partial charge in [-0.3, -0.25) is 0 Å². The Kier molecular flexibility index (Phi) is 7.63. The molecule has 0 aliphatic carbocycles. The SMILES string of the molecule is Cc1ccc(-c2cccc(Sc3cccc(-c4ccc(C)cc4)c3-c3ccc(C)cc3)c2-c2ccc(C)cc2)cc1. The van der Waals surface area contributed by atoms with E-state index in [0.29, 0.717) is 0 Å². The van der Waals surface area contributed by atoms with E-state index in [1.807, 2.05) is 11.8 Å². The van der Waals surface area contributed by atoms with Gasteiger partial charge in [0.15, 0.2) is 0 Å². The summed E-state index contributed by atoms with van der Waals surface area (Å²) in [5, 5.41) is 0. The summed E-state index contributed by atoms with van der Waals surface area (Å²) in [5.74, 6) is 0. The number of aryl methyl sites for hydroxylation is 4. The number of hydrogen-bond acceptors (Lipinski definition) is 1. The summed E-state index contributed by atoms with van der Waals surface area (Å²) in [6, 6.07) is 49.1. The number of rotatable bonds is 6. The molecular formula is C40H34S. The van der Waals surface area contributed by atoms with Crippen molar-refractivity contribution in [3.8, 4) is 44.5 Å². The predicted molar refractivity (Wildman–Crippen MR) is 178 cm³/mol. The zero-order chi connectivity index (χ0) is 28.3. The second-order valence-corrected chi connectivity index (χ2v) is 12.0. The molecule has 0 nitrogen and oxygen atoms in total. The van der Waals surface area contributed by atoms with Crippen LogP contribution in [0.25, 0.3) is 44.5 Å². The summed E-state index contributed by atoms with van der Waals surface area (Å²) in [6.07, 6.45) is 0. The molecule has 0 radical (unpaired) electrons. The molecule has 0 unspecified atom stereocenters. The molecule has 0 aliphatic heterocycles. The molecule has 0 atom stereocenters. The van der Waals surface area contributed by atoms with E-state index < -0.39 is 0 Å². The van der Waals surface area contributed by atoms with Gasteiger partial charge in [0.05, 0.1) is 0 Å². The Bertz CT molecular complexity index is 1650. The third kappa shape index (κ3) is 5.78. The molecule has 0 bridgehead atoms. The van der Waals surface area contributed by atoms with Crippen molar-refractivity contribution in [1.29, 1.82) is 0 Å². The van der Waals surface area contributed by atoms with Crippen LogP contribution in [0.5, 0.6) is 0 Å². The first-order valence-electron chi connectivity index (χ1n) is 14.2. The molecule has 1 heteroatoms. The molecule has 0 aromatic heterocycles. The van der Waals surface area contributed by atoms with Crippen LogP contribution in [-0.2, 0) is 0 Å². The summed E-state index contributed by atoms with van der Waals surface area (Å²) in [5.41, 5.74) is 15.1. The van der Waals surface area contributed by atoms with Crippen molar-refractivity contribution in [2.45, 2.75) is 37.5 Å². The van der Waals surface area contributed by atoms with Crippen LogP contribution in [-0.4, -0.2) is 0 Å². The van der Waals surface area contributed by atoms with Crippen molar-refractivity contribution in [2.24, 2.45) is 0 Å². The second-order valence-electron chi connectivity index (χ2n) is 10.9. The smallest absolute Gasteiger partial charge is 0.0207 e. The summed E-state index contributed by atoms with van der Waals surface area (Å²) in [4.78, 5) is 2.50. The summed E-state index contributed by atoms with van der Waals surface area (Å²) < 4.78 is 0. The first-order chi connectivity index (χ1) is 20.0. The van der Waals surface area contributed by atoms with E-state index in [2.05, 4.69) is 161 Å². The highest BCUT2D eigenvalue weighted by molar-refractivity contribution is 7.99. The van der Waals surface area contributed by atoms with Gasteiger partial charge in [-0.05, 0) is 73.2 Å². The summed E-state index contributed by atoms with van der Waals surface area (Å²) >= 11 is 1.86. The minimum absolute atomic E-state index is 1.24. The molecule has 0 heterocycles. The van der Waals surface area contributed by atoms with Gasteiger partial charge in [0.25, 0.3) is 0 Å². The number of benzene rings is 6. The lowest BCUT2D eigenvalue weighted by atomic mass is 9.93. The van der Waals surface area contributed by atoms with Gasteiger partial charge in [-0.25, -0.2) is 0 Å². The van der Waals surface area contributed by atoms with Crippen molar-refractivity contribution in [1.82, 2.24) is 0 Å². The van der Waals surface area contributed by atoms with Crippen molar-refractivity contribution in [3.63, 3.8) is 0 Å². The Labute approximate surface area is 248 Å². The average molecular weight is 547 g/mol. The Balaban J connectivity index is 1.56. The molecular weight excluding hydrogens is 513 g/mol. The fourth-order valence-corrected chi connectivity index (χ4v) is 6.52. The van der Waals surface area contributed by atoms with Crippen molar-refractivity contribution < 1.29 is 0 Å². The maximum absolute atomic E-state index is 2.27. The second kappa shape index (κ2) is 11.6. The van der Waals surface area contributed by atoms with Gasteiger partial charge >= 0.3 is 0 Å². The largest absolute Gasteiger partial charge is 0.0888 e. The molecule has 200 valence electrons. The van der Waals surface area contributed by atoms with E-state index in [9.17, 15) is 0 Å². The predicted octanol–water partition coefficient (Wildman–Crippen LogP) is 11.7. The summed E-state index contributed by atoms with van der Waals surface area (Å²) in [7, 11) is 0. The Morgan fingerprint density at radius 3 is 0.927 bits per heavy atom. The van der Waals surface area contributed by atoms with Gasteiger partial charge in [0, 0.05) is 20.9 Å². The highest BCUT2D eigenvalue weighted by Gasteiger charge is 2.18. The van der Waals surface area contributed by atoms with Crippen LogP contribution in [0.15, 0.2) is 143 Å². The first kappa shape index (κ1) is 26.9. The molecule has 0 aliphatic rings. The highest BCUT2D eigenvalue weighted by Crippen LogP contribution is 2.47. The molecule has 0 amide bonds. The van der Waals surface area contributed by atoms with E-state index in [-0.39, 0.29) is 0 Å². The molecule has 41 heavy (non-hydrogen) atoms. The van der Waals surface area contributed by atoms with Gasteiger partial charge < -0.3 is 0 Å². The quantitative estimate of drug-likeness (QED) is 0.200. The zero-order valence-electron chi connectivity index (χ0n) is 24.1. The molecule has 0 saturated heterocycles.